The van der Waals surface area contributed by atoms with Gasteiger partial charge in [-0.1, -0.05) is 41.4 Å². The van der Waals surface area contributed by atoms with Crippen molar-refractivity contribution in [2.75, 3.05) is 7.05 Å². The van der Waals surface area contributed by atoms with Crippen molar-refractivity contribution in [3.8, 4) is 0 Å². The number of rotatable bonds is 3. The van der Waals surface area contributed by atoms with Gasteiger partial charge in [-0.15, -0.1) is 11.3 Å². The normalized spacial score (nSPS) is 12.8. The molecule has 0 aliphatic carbocycles. The van der Waals surface area contributed by atoms with E-state index in [9.17, 15) is 4.39 Å². The first-order chi connectivity index (χ1) is 10.1. The third-order valence-electron chi connectivity index (χ3n) is 3.37. The summed E-state index contributed by atoms with van der Waals surface area (Å²) in [7, 11) is 1.87. The number of nitrogens with one attached hydrogen (secondary N) is 1. The average Bonchev–Trinajstić information content (AvgIpc) is 2.87. The number of benzene rings is 2. The topological polar surface area (TPSA) is 12.0 Å². The SMILES string of the molecule is CNC(c1cc2ccc(F)cc2s1)c1cccc(Cl)c1Cl. The van der Waals surface area contributed by atoms with Gasteiger partial charge < -0.3 is 5.32 Å². The number of thiophene rings is 1. The second kappa shape index (κ2) is 5.93. The Morgan fingerprint density at radius 2 is 1.95 bits per heavy atom. The molecule has 1 unspecified atom stereocenters. The summed E-state index contributed by atoms with van der Waals surface area (Å²) in [6.07, 6.45) is 0. The molecule has 0 bridgehead atoms. The van der Waals surface area contributed by atoms with Gasteiger partial charge in [0.2, 0.25) is 0 Å². The number of hydrogen-bond donors (Lipinski definition) is 1. The fraction of sp³-hybridized carbons (Fsp3) is 0.125. The second-order valence-corrected chi connectivity index (χ2v) is 6.60. The Labute approximate surface area is 136 Å². The Hall–Kier alpha value is -1.13. The van der Waals surface area contributed by atoms with Crippen molar-refractivity contribution < 1.29 is 4.39 Å². The first-order valence-electron chi connectivity index (χ1n) is 6.40. The zero-order valence-electron chi connectivity index (χ0n) is 11.2. The Kier molecular flexibility index (Phi) is 4.18. The molecule has 0 aliphatic rings. The van der Waals surface area contributed by atoms with E-state index in [-0.39, 0.29) is 11.9 Å². The summed E-state index contributed by atoms with van der Waals surface area (Å²) >= 11 is 14.0. The maximum atomic E-state index is 13.3. The molecule has 0 spiro atoms. The molecular formula is C16H12Cl2FNS. The van der Waals surface area contributed by atoms with Crippen LogP contribution in [0.2, 0.25) is 10.0 Å². The van der Waals surface area contributed by atoms with Crippen molar-refractivity contribution in [2.24, 2.45) is 0 Å². The van der Waals surface area contributed by atoms with Crippen LogP contribution >= 0.6 is 34.5 Å². The Morgan fingerprint density at radius 3 is 2.71 bits per heavy atom. The van der Waals surface area contributed by atoms with Gasteiger partial charge in [0.15, 0.2) is 0 Å². The first-order valence-corrected chi connectivity index (χ1v) is 7.97. The first kappa shape index (κ1) is 14.8. The lowest BCUT2D eigenvalue weighted by Crippen LogP contribution is -2.16. The van der Waals surface area contributed by atoms with E-state index in [1.165, 1.54) is 6.07 Å². The van der Waals surface area contributed by atoms with E-state index in [1.807, 2.05) is 19.2 Å². The van der Waals surface area contributed by atoms with E-state index in [4.69, 9.17) is 23.2 Å². The maximum Gasteiger partial charge on any atom is 0.124 e. The minimum absolute atomic E-state index is 0.0725. The number of fused-ring (bicyclic) bond motifs is 1. The van der Waals surface area contributed by atoms with Gasteiger partial charge in [-0.3, -0.25) is 0 Å². The van der Waals surface area contributed by atoms with E-state index in [0.717, 1.165) is 20.5 Å². The average molecular weight is 340 g/mol. The summed E-state index contributed by atoms with van der Waals surface area (Å²) in [6, 6.07) is 12.4. The molecule has 0 saturated carbocycles. The van der Waals surface area contributed by atoms with E-state index < -0.39 is 0 Å². The highest BCUT2D eigenvalue weighted by molar-refractivity contribution is 7.19. The predicted molar refractivity (Wildman–Crippen MR) is 89.1 cm³/mol. The lowest BCUT2D eigenvalue weighted by atomic mass is 10.0. The Balaban J connectivity index is 2.11. The summed E-state index contributed by atoms with van der Waals surface area (Å²) in [5, 5.41) is 5.35. The van der Waals surface area contributed by atoms with Crippen LogP contribution in [0.5, 0.6) is 0 Å². The van der Waals surface area contributed by atoms with Gasteiger partial charge in [-0.25, -0.2) is 4.39 Å². The molecule has 0 saturated heterocycles. The van der Waals surface area contributed by atoms with Crippen molar-refractivity contribution in [3.63, 3.8) is 0 Å². The molecule has 0 amide bonds. The summed E-state index contributed by atoms with van der Waals surface area (Å²) in [5.41, 5.74) is 0.915. The van der Waals surface area contributed by atoms with Crippen molar-refractivity contribution >= 4 is 44.6 Å². The van der Waals surface area contributed by atoms with Crippen LogP contribution in [0.1, 0.15) is 16.5 Å². The van der Waals surface area contributed by atoms with Gasteiger partial charge in [0.05, 0.1) is 16.1 Å². The van der Waals surface area contributed by atoms with Gasteiger partial charge in [-0.05, 0) is 42.3 Å². The second-order valence-electron chi connectivity index (χ2n) is 4.70. The van der Waals surface area contributed by atoms with Gasteiger partial charge in [0.1, 0.15) is 5.82 Å². The van der Waals surface area contributed by atoms with Crippen LogP contribution < -0.4 is 5.32 Å². The summed E-state index contributed by atoms with van der Waals surface area (Å²) in [5.74, 6) is -0.224. The van der Waals surface area contributed by atoms with E-state index in [0.29, 0.717) is 10.0 Å². The minimum Gasteiger partial charge on any atom is -0.309 e. The third kappa shape index (κ3) is 2.79. The van der Waals surface area contributed by atoms with Crippen LogP contribution in [0.3, 0.4) is 0 Å². The molecule has 0 fully saturated rings. The molecule has 5 heteroatoms. The molecule has 0 radical (unpaired) electrons. The van der Waals surface area contributed by atoms with E-state index in [2.05, 4.69) is 11.4 Å². The molecule has 1 heterocycles. The summed E-state index contributed by atoms with van der Waals surface area (Å²) in [6.45, 7) is 0. The standard InChI is InChI=1S/C16H12Cl2FNS/c1-20-16(11-3-2-4-12(17)15(11)18)14-7-9-5-6-10(19)8-13(9)21-14/h2-8,16,20H,1H3. The van der Waals surface area contributed by atoms with Crippen molar-refractivity contribution in [1.82, 2.24) is 5.32 Å². The quantitative estimate of drug-likeness (QED) is 0.649. The summed E-state index contributed by atoms with van der Waals surface area (Å²) in [4.78, 5) is 1.07. The smallest absolute Gasteiger partial charge is 0.124 e. The molecule has 21 heavy (non-hydrogen) atoms. The van der Waals surface area contributed by atoms with Crippen LogP contribution in [-0.4, -0.2) is 7.05 Å². The molecule has 3 rings (SSSR count). The highest BCUT2D eigenvalue weighted by Gasteiger charge is 2.19. The molecule has 3 aromatic rings. The van der Waals surface area contributed by atoms with E-state index >= 15 is 0 Å². The molecule has 1 atom stereocenters. The van der Waals surface area contributed by atoms with Crippen LogP contribution in [-0.2, 0) is 0 Å². The summed E-state index contributed by atoms with van der Waals surface area (Å²) < 4.78 is 14.2. The minimum atomic E-state index is -0.224. The molecular weight excluding hydrogens is 328 g/mol. The number of halogens is 3. The van der Waals surface area contributed by atoms with Crippen LogP contribution in [0.4, 0.5) is 4.39 Å². The third-order valence-corrected chi connectivity index (χ3v) is 5.36. The zero-order valence-corrected chi connectivity index (χ0v) is 13.5. The fourth-order valence-electron chi connectivity index (χ4n) is 2.36. The van der Waals surface area contributed by atoms with Crippen molar-refractivity contribution in [3.05, 3.63) is 68.8 Å². The van der Waals surface area contributed by atoms with E-state index in [1.54, 1.807) is 29.5 Å². The monoisotopic (exact) mass is 339 g/mol. The largest absolute Gasteiger partial charge is 0.309 e. The lowest BCUT2D eigenvalue weighted by molar-refractivity contribution is 0.630. The molecule has 1 aromatic heterocycles. The molecule has 2 aromatic carbocycles. The Morgan fingerprint density at radius 1 is 1.14 bits per heavy atom. The molecule has 1 N–H and O–H groups in total. The predicted octanol–water partition coefficient (Wildman–Crippen LogP) is 5.66. The van der Waals surface area contributed by atoms with Gasteiger partial charge >= 0.3 is 0 Å². The zero-order chi connectivity index (χ0) is 15.0. The number of hydrogen-bond acceptors (Lipinski definition) is 2. The van der Waals surface area contributed by atoms with Crippen LogP contribution in [0, 0.1) is 5.82 Å². The molecule has 1 nitrogen and oxygen atoms in total. The molecule has 0 aliphatic heterocycles. The Bertz CT molecular complexity index is 800. The van der Waals surface area contributed by atoms with Gasteiger partial charge in [0.25, 0.3) is 0 Å². The molecule has 108 valence electrons. The van der Waals surface area contributed by atoms with Crippen molar-refractivity contribution in [2.45, 2.75) is 6.04 Å². The van der Waals surface area contributed by atoms with Crippen molar-refractivity contribution in [1.29, 1.82) is 0 Å². The highest BCUT2D eigenvalue weighted by Crippen LogP contribution is 2.37. The maximum absolute atomic E-state index is 13.3. The van der Waals surface area contributed by atoms with Crippen LogP contribution in [0.15, 0.2) is 42.5 Å². The fourth-order valence-corrected chi connectivity index (χ4v) is 4.00. The lowest BCUT2D eigenvalue weighted by Gasteiger charge is -2.17. The highest BCUT2D eigenvalue weighted by atomic mass is 35.5. The van der Waals surface area contributed by atoms with Gasteiger partial charge in [-0.2, -0.15) is 0 Å². The van der Waals surface area contributed by atoms with Crippen LogP contribution in [0.25, 0.3) is 10.1 Å². The van der Waals surface area contributed by atoms with Gasteiger partial charge in [0, 0.05) is 9.58 Å².